The van der Waals surface area contributed by atoms with Crippen LogP contribution in [0.2, 0.25) is 5.02 Å². The Morgan fingerprint density at radius 3 is 2.75 bits per heavy atom. The van der Waals surface area contributed by atoms with Crippen LogP contribution in [0.15, 0.2) is 16.7 Å². The summed E-state index contributed by atoms with van der Waals surface area (Å²) in [5.74, 6) is 1.63. The molecular weight excluding hydrogens is 398 g/mol. The second kappa shape index (κ2) is 7.06. The highest BCUT2D eigenvalue weighted by Crippen LogP contribution is 2.27. The number of nitrogens with zero attached hydrogens (tertiary/aromatic N) is 5. The van der Waals surface area contributed by atoms with E-state index in [1.54, 1.807) is 30.9 Å². The summed E-state index contributed by atoms with van der Waals surface area (Å²) in [6.45, 7) is 7.44. The Morgan fingerprint density at radius 2 is 2.12 bits per heavy atom. The molecule has 130 valence electrons. The lowest BCUT2D eigenvalue weighted by Crippen LogP contribution is -2.34. The maximum atomic E-state index is 12.1. The fraction of sp³-hybridized carbons (Fsp3) is 0.467. The van der Waals surface area contributed by atoms with E-state index in [2.05, 4.69) is 31.0 Å². The molecule has 2 aromatic rings. The third-order valence-corrected chi connectivity index (χ3v) is 4.21. The van der Waals surface area contributed by atoms with Crippen molar-refractivity contribution >= 4 is 33.6 Å². The number of hydrogen-bond acceptors (Lipinski definition) is 5. The van der Waals surface area contributed by atoms with E-state index in [1.807, 2.05) is 20.8 Å². The summed E-state index contributed by atoms with van der Waals surface area (Å²) >= 11 is 9.53. The van der Waals surface area contributed by atoms with E-state index in [4.69, 9.17) is 16.3 Å². The molecule has 7 nitrogen and oxygen atoms in total. The highest BCUT2D eigenvalue weighted by atomic mass is 79.9. The van der Waals surface area contributed by atoms with Crippen LogP contribution in [0.5, 0.6) is 0 Å². The van der Waals surface area contributed by atoms with Crippen molar-refractivity contribution in [1.82, 2.24) is 24.6 Å². The first-order valence-corrected chi connectivity index (χ1v) is 8.42. The molecule has 0 saturated carbocycles. The van der Waals surface area contributed by atoms with Crippen molar-refractivity contribution in [2.24, 2.45) is 0 Å². The van der Waals surface area contributed by atoms with Crippen molar-refractivity contribution in [1.29, 1.82) is 0 Å². The quantitative estimate of drug-likeness (QED) is 0.762. The molecule has 0 aromatic carbocycles. The van der Waals surface area contributed by atoms with E-state index in [-0.39, 0.29) is 6.54 Å². The Hall–Kier alpha value is -1.67. The Labute approximate surface area is 154 Å². The van der Waals surface area contributed by atoms with Crippen LogP contribution in [-0.4, -0.2) is 43.4 Å². The maximum Gasteiger partial charge on any atom is 0.410 e. The minimum Gasteiger partial charge on any atom is -0.444 e. The molecule has 1 amide bonds. The van der Waals surface area contributed by atoms with E-state index >= 15 is 0 Å². The first-order valence-electron chi connectivity index (χ1n) is 7.25. The molecule has 0 aliphatic carbocycles. The van der Waals surface area contributed by atoms with Gasteiger partial charge in [-0.2, -0.15) is 4.68 Å². The number of rotatable bonds is 3. The monoisotopic (exact) mass is 415 g/mol. The predicted molar refractivity (Wildman–Crippen MR) is 94.3 cm³/mol. The van der Waals surface area contributed by atoms with Gasteiger partial charge in [-0.15, -0.1) is 5.10 Å². The zero-order valence-corrected chi connectivity index (χ0v) is 16.5. The molecule has 24 heavy (non-hydrogen) atoms. The van der Waals surface area contributed by atoms with Crippen LogP contribution in [0, 0.1) is 6.92 Å². The molecule has 0 atom stereocenters. The summed E-state index contributed by atoms with van der Waals surface area (Å²) in [6, 6.07) is 1.67. The molecule has 2 rings (SSSR count). The van der Waals surface area contributed by atoms with Crippen LogP contribution in [0.25, 0.3) is 5.82 Å². The molecule has 0 aliphatic heterocycles. The largest absolute Gasteiger partial charge is 0.444 e. The summed E-state index contributed by atoms with van der Waals surface area (Å²) in [6.07, 6.45) is 1.15. The van der Waals surface area contributed by atoms with Gasteiger partial charge in [-0.3, -0.25) is 0 Å². The first-order chi connectivity index (χ1) is 11.1. The topological polar surface area (TPSA) is 73.1 Å². The lowest BCUT2D eigenvalue weighted by Gasteiger charge is -2.24. The third kappa shape index (κ3) is 4.45. The van der Waals surface area contributed by atoms with E-state index in [0.717, 1.165) is 0 Å². The number of aryl methyl sites for hydroxylation is 1. The molecule has 0 radical (unpaired) electrons. The van der Waals surface area contributed by atoms with Gasteiger partial charge in [0.15, 0.2) is 11.6 Å². The Balaban J connectivity index is 2.30. The van der Waals surface area contributed by atoms with Gasteiger partial charge in [0.2, 0.25) is 0 Å². The van der Waals surface area contributed by atoms with Gasteiger partial charge in [0.25, 0.3) is 0 Å². The first kappa shape index (κ1) is 18.7. The molecule has 0 saturated heterocycles. The maximum absolute atomic E-state index is 12.1. The van der Waals surface area contributed by atoms with Crippen molar-refractivity contribution in [2.45, 2.75) is 39.8 Å². The van der Waals surface area contributed by atoms with Gasteiger partial charge >= 0.3 is 6.09 Å². The SMILES string of the molecule is Cc1nc(CN(C)C(=O)OC(C)(C)C)n(-c2nccc(Cl)c2Br)n1. The molecular formula is C15H19BrClN5O2. The van der Waals surface area contributed by atoms with Crippen molar-refractivity contribution in [3.63, 3.8) is 0 Å². The summed E-state index contributed by atoms with van der Waals surface area (Å²) in [5, 5.41) is 4.86. The van der Waals surface area contributed by atoms with Gasteiger partial charge in [0, 0.05) is 13.2 Å². The van der Waals surface area contributed by atoms with Crippen molar-refractivity contribution in [3.05, 3.63) is 33.4 Å². The smallest absolute Gasteiger partial charge is 0.410 e. The average molecular weight is 417 g/mol. The fourth-order valence-corrected chi connectivity index (χ4v) is 2.45. The number of carbonyl (C=O) groups is 1. The minimum atomic E-state index is -0.563. The van der Waals surface area contributed by atoms with Gasteiger partial charge in [-0.1, -0.05) is 11.6 Å². The van der Waals surface area contributed by atoms with Crippen LogP contribution >= 0.6 is 27.5 Å². The highest BCUT2D eigenvalue weighted by Gasteiger charge is 2.22. The molecule has 0 unspecified atom stereocenters. The Bertz CT molecular complexity index is 757. The van der Waals surface area contributed by atoms with Crippen LogP contribution in [0.4, 0.5) is 4.79 Å². The van der Waals surface area contributed by atoms with Gasteiger partial charge in [-0.05, 0) is 49.7 Å². The molecule has 0 fully saturated rings. The summed E-state index contributed by atoms with van der Waals surface area (Å²) in [7, 11) is 1.64. The Morgan fingerprint density at radius 1 is 1.46 bits per heavy atom. The van der Waals surface area contributed by atoms with Crippen LogP contribution in [0.1, 0.15) is 32.4 Å². The molecule has 0 N–H and O–H groups in total. The second-order valence-corrected chi connectivity index (χ2v) is 7.45. The average Bonchev–Trinajstić information content (AvgIpc) is 2.80. The molecule has 9 heteroatoms. The number of aromatic nitrogens is 4. The molecule has 0 spiro atoms. The normalized spacial score (nSPS) is 11.5. The van der Waals surface area contributed by atoms with E-state index in [1.165, 1.54) is 4.90 Å². The fourth-order valence-electron chi connectivity index (χ4n) is 1.91. The lowest BCUT2D eigenvalue weighted by molar-refractivity contribution is 0.0280. The van der Waals surface area contributed by atoms with Crippen LogP contribution in [0.3, 0.4) is 0 Å². The van der Waals surface area contributed by atoms with Crippen molar-refractivity contribution < 1.29 is 9.53 Å². The molecule has 2 heterocycles. The molecule has 0 bridgehead atoms. The minimum absolute atomic E-state index is 0.219. The summed E-state index contributed by atoms with van der Waals surface area (Å²) in [5.41, 5.74) is -0.563. The number of ether oxygens (including phenoxy) is 1. The zero-order valence-electron chi connectivity index (χ0n) is 14.2. The lowest BCUT2D eigenvalue weighted by atomic mass is 10.2. The Kier molecular flexibility index (Phi) is 5.49. The standard InChI is InChI=1S/C15H19BrClN5O2/c1-9-19-11(8-21(5)14(23)24-15(2,3)4)22(20-9)13-12(16)10(17)6-7-18-13/h6-7H,8H2,1-5H3. The van der Waals surface area contributed by atoms with Gasteiger partial charge < -0.3 is 9.64 Å². The number of pyridine rings is 1. The number of carbonyl (C=O) groups excluding carboxylic acids is 1. The van der Waals surface area contributed by atoms with Crippen LogP contribution < -0.4 is 0 Å². The number of hydrogen-bond donors (Lipinski definition) is 0. The number of halogens is 2. The van der Waals surface area contributed by atoms with Gasteiger partial charge in [0.1, 0.15) is 11.4 Å². The summed E-state index contributed by atoms with van der Waals surface area (Å²) in [4.78, 5) is 22.2. The van der Waals surface area contributed by atoms with E-state index < -0.39 is 11.7 Å². The third-order valence-electron chi connectivity index (χ3n) is 2.89. The molecule has 2 aromatic heterocycles. The van der Waals surface area contributed by atoms with Crippen molar-refractivity contribution in [2.75, 3.05) is 7.05 Å². The van der Waals surface area contributed by atoms with Crippen LogP contribution in [-0.2, 0) is 11.3 Å². The molecule has 0 aliphatic rings. The predicted octanol–water partition coefficient (Wildman–Crippen LogP) is 3.75. The van der Waals surface area contributed by atoms with E-state index in [9.17, 15) is 4.79 Å². The van der Waals surface area contributed by atoms with E-state index in [0.29, 0.717) is 27.0 Å². The van der Waals surface area contributed by atoms with Gasteiger partial charge in [-0.25, -0.2) is 14.8 Å². The highest BCUT2D eigenvalue weighted by molar-refractivity contribution is 9.10. The summed E-state index contributed by atoms with van der Waals surface area (Å²) < 4.78 is 7.52. The second-order valence-electron chi connectivity index (χ2n) is 6.25. The van der Waals surface area contributed by atoms with Crippen molar-refractivity contribution in [3.8, 4) is 5.82 Å². The number of amides is 1. The zero-order chi connectivity index (χ0) is 18.1. The van der Waals surface area contributed by atoms with Gasteiger partial charge in [0.05, 0.1) is 16.0 Å².